The number of esters is 1. The molecular weight excluding hydrogens is 314 g/mol. The zero-order valence-corrected chi connectivity index (χ0v) is 13.6. The van der Waals surface area contributed by atoms with Crippen LogP contribution in [0.25, 0.3) is 0 Å². The number of hydrogen-bond acceptors (Lipinski definition) is 6. The van der Waals surface area contributed by atoms with Crippen molar-refractivity contribution in [2.75, 3.05) is 20.5 Å². The SMILES string of the molecule is COC(=O)c1c(C)[nH]c(C(=O)COc2ccc3c(c2)OCO3)c1C. The molecule has 3 rings (SSSR count). The Kier molecular flexibility index (Phi) is 4.16. The Morgan fingerprint density at radius 2 is 1.96 bits per heavy atom. The average Bonchev–Trinajstić information content (AvgIpc) is 3.15. The van der Waals surface area contributed by atoms with Gasteiger partial charge in [-0.3, -0.25) is 4.79 Å². The first-order chi connectivity index (χ1) is 11.5. The Labute approximate surface area is 138 Å². The van der Waals surface area contributed by atoms with Crippen LogP contribution in [0.3, 0.4) is 0 Å². The number of aryl methyl sites for hydroxylation is 1. The monoisotopic (exact) mass is 331 g/mol. The lowest BCUT2D eigenvalue weighted by molar-refractivity contribution is 0.0599. The zero-order valence-electron chi connectivity index (χ0n) is 13.6. The van der Waals surface area contributed by atoms with E-state index in [1.165, 1.54) is 7.11 Å². The Balaban J connectivity index is 1.73. The molecule has 1 aromatic carbocycles. The number of Topliss-reactive ketones (excluding diaryl/α,β-unsaturated/α-hetero) is 1. The normalized spacial score (nSPS) is 12.1. The Bertz CT molecular complexity index is 808. The largest absolute Gasteiger partial charge is 0.485 e. The molecule has 1 N–H and O–H groups in total. The second-order valence-corrected chi connectivity index (χ2v) is 5.34. The molecule has 7 heteroatoms. The van der Waals surface area contributed by atoms with E-state index < -0.39 is 5.97 Å². The number of carbonyl (C=O) groups excluding carboxylic acids is 2. The number of ether oxygens (including phenoxy) is 4. The maximum atomic E-state index is 12.4. The quantitative estimate of drug-likeness (QED) is 0.669. The highest BCUT2D eigenvalue weighted by Gasteiger charge is 2.23. The van der Waals surface area contributed by atoms with E-state index in [4.69, 9.17) is 18.9 Å². The van der Waals surface area contributed by atoms with Crippen LogP contribution in [0.2, 0.25) is 0 Å². The zero-order chi connectivity index (χ0) is 17.3. The van der Waals surface area contributed by atoms with Gasteiger partial charge in [0.15, 0.2) is 18.1 Å². The lowest BCUT2D eigenvalue weighted by Gasteiger charge is -2.06. The number of carbonyl (C=O) groups is 2. The number of hydrogen-bond donors (Lipinski definition) is 1. The number of methoxy groups -OCH3 is 1. The second-order valence-electron chi connectivity index (χ2n) is 5.34. The van der Waals surface area contributed by atoms with Gasteiger partial charge in [-0.2, -0.15) is 0 Å². The number of fused-ring (bicyclic) bond motifs is 1. The summed E-state index contributed by atoms with van der Waals surface area (Å²) in [6.45, 7) is 3.42. The van der Waals surface area contributed by atoms with Crippen molar-refractivity contribution >= 4 is 11.8 Å². The van der Waals surface area contributed by atoms with Crippen molar-refractivity contribution in [3.63, 3.8) is 0 Å². The number of rotatable bonds is 5. The minimum atomic E-state index is -0.475. The fourth-order valence-electron chi connectivity index (χ4n) is 2.62. The highest BCUT2D eigenvalue weighted by atomic mass is 16.7. The van der Waals surface area contributed by atoms with E-state index >= 15 is 0 Å². The third-order valence-corrected chi connectivity index (χ3v) is 3.82. The molecule has 1 aliphatic heterocycles. The van der Waals surface area contributed by atoms with Gasteiger partial charge in [0.25, 0.3) is 0 Å². The molecule has 126 valence electrons. The molecule has 0 fully saturated rings. The van der Waals surface area contributed by atoms with Gasteiger partial charge in [0, 0.05) is 11.8 Å². The summed E-state index contributed by atoms with van der Waals surface area (Å²) in [5, 5.41) is 0. The third kappa shape index (κ3) is 2.80. The summed E-state index contributed by atoms with van der Waals surface area (Å²) >= 11 is 0. The van der Waals surface area contributed by atoms with Gasteiger partial charge >= 0.3 is 5.97 Å². The lowest BCUT2D eigenvalue weighted by Crippen LogP contribution is -2.13. The van der Waals surface area contributed by atoms with Crippen LogP contribution in [-0.2, 0) is 4.74 Å². The molecule has 1 aliphatic rings. The minimum absolute atomic E-state index is 0.166. The Morgan fingerprint density at radius 1 is 1.21 bits per heavy atom. The number of aromatic nitrogens is 1. The van der Waals surface area contributed by atoms with Crippen LogP contribution in [0.15, 0.2) is 18.2 Å². The number of benzene rings is 1. The van der Waals surface area contributed by atoms with Gasteiger partial charge in [-0.1, -0.05) is 0 Å². The molecule has 24 heavy (non-hydrogen) atoms. The maximum Gasteiger partial charge on any atom is 0.339 e. The van der Waals surface area contributed by atoms with Crippen molar-refractivity contribution < 1.29 is 28.5 Å². The molecule has 0 unspecified atom stereocenters. The van der Waals surface area contributed by atoms with Crippen LogP contribution in [0, 0.1) is 13.8 Å². The van der Waals surface area contributed by atoms with E-state index in [9.17, 15) is 9.59 Å². The van der Waals surface area contributed by atoms with E-state index in [-0.39, 0.29) is 19.2 Å². The number of nitrogens with one attached hydrogen (secondary N) is 1. The van der Waals surface area contributed by atoms with Crippen LogP contribution in [-0.4, -0.2) is 37.2 Å². The van der Waals surface area contributed by atoms with Crippen molar-refractivity contribution in [2.45, 2.75) is 13.8 Å². The number of aromatic amines is 1. The Morgan fingerprint density at radius 3 is 2.71 bits per heavy atom. The smallest absolute Gasteiger partial charge is 0.339 e. The predicted octanol–water partition coefficient (Wildman–Crippen LogP) is 2.41. The predicted molar refractivity (Wildman–Crippen MR) is 84.0 cm³/mol. The molecule has 0 saturated heterocycles. The van der Waals surface area contributed by atoms with Gasteiger partial charge in [0.05, 0.1) is 18.4 Å². The first kappa shape index (κ1) is 15.9. The fourth-order valence-corrected chi connectivity index (χ4v) is 2.62. The van der Waals surface area contributed by atoms with Crippen LogP contribution < -0.4 is 14.2 Å². The van der Waals surface area contributed by atoms with E-state index in [1.54, 1.807) is 32.0 Å². The molecule has 0 aliphatic carbocycles. The molecule has 7 nitrogen and oxygen atoms in total. The maximum absolute atomic E-state index is 12.4. The molecule has 0 radical (unpaired) electrons. The van der Waals surface area contributed by atoms with Crippen molar-refractivity contribution in [1.29, 1.82) is 0 Å². The minimum Gasteiger partial charge on any atom is -0.485 e. The summed E-state index contributed by atoms with van der Waals surface area (Å²) in [6.07, 6.45) is 0. The van der Waals surface area contributed by atoms with Crippen molar-refractivity contribution in [3.8, 4) is 17.2 Å². The standard InChI is InChI=1S/C17H17NO6/c1-9-15(17(20)21-3)10(2)18-16(9)12(19)7-22-11-4-5-13-14(6-11)24-8-23-13/h4-6,18H,7-8H2,1-3H3. The van der Waals surface area contributed by atoms with E-state index in [1.807, 2.05) is 0 Å². The van der Waals surface area contributed by atoms with E-state index in [0.29, 0.717) is 39.8 Å². The summed E-state index contributed by atoms with van der Waals surface area (Å²) < 4.78 is 20.7. The van der Waals surface area contributed by atoms with Gasteiger partial charge in [0.1, 0.15) is 5.75 Å². The molecule has 1 aromatic heterocycles. The second kappa shape index (κ2) is 6.27. The molecule has 0 atom stereocenters. The summed E-state index contributed by atoms with van der Waals surface area (Å²) in [5.41, 5.74) is 1.86. The van der Waals surface area contributed by atoms with Gasteiger partial charge < -0.3 is 23.9 Å². The third-order valence-electron chi connectivity index (χ3n) is 3.82. The van der Waals surface area contributed by atoms with Gasteiger partial charge in [-0.05, 0) is 31.5 Å². The van der Waals surface area contributed by atoms with Crippen LogP contribution in [0.5, 0.6) is 17.2 Å². The van der Waals surface area contributed by atoms with Crippen molar-refractivity contribution in [2.24, 2.45) is 0 Å². The Hall–Kier alpha value is -2.96. The first-order valence-electron chi connectivity index (χ1n) is 7.34. The number of ketones is 1. The molecule has 0 amide bonds. The molecular formula is C17H17NO6. The molecule has 0 bridgehead atoms. The van der Waals surface area contributed by atoms with Gasteiger partial charge in [0.2, 0.25) is 12.6 Å². The lowest BCUT2D eigenvalue weighted by atomic mass is 10.1. The highest BCUT2D eigenvalue weighted by molar-refractivity contribution is 6.02. The van der Waals surface area contributed by atoms with Gasteiger partial charge in [-0.15, -0.1) is 0 Å². The van der Waals surface area contributed by atoms with E-state index in [2.05, 4.69) is 4.98 Å². The van der Waals surface area contributed by atoms with Crippen molar-refractivity contribution in [3.05, 3.63) is 40.7 Å². The molecule has 0 spiro atoms. The number of H-pyrrole nitrogens is 1. The fraction of sp³-hybridized carbons (Fsp3) is 0.294. The topological polar surface area (TPSA) is 86.9 Å². The van der Waals surface area contributed by atoms with Crippen LogP contribution in [0.4, 0.5) is 0 Å². The van der Waals surface area contributed by atoms with Crippen molar-refractivity contribution in [1.82, 2.24) is 4.98 Å². The molecule has 2 heterocycles. The van der Waals surface area contributed by atoms with Crippen LogP contribution >= 0.6 is 0 Å². The van der Waals surface area contributed by atoms with Crippen LogP contribution in [0.1, 0.15) is 32.1 Å². The summed E-state index contributed by atoms with van der Waals surface area (Å²) in [7, 11) is 1.30. The average molecular weight is 331 g/mol. The van der Waals surface area contributed by atoms with E-state index in [0.717, 1.165) is 0 Å². The molecule has 0 saturated carbocycles. The summed E-state index contributed by atoms with van der Waals surface area (Å²) in [6, 6.07) is 5.09. The highest BCUT2D eigenvalue weighted by Crippen LogP contribution is 2.35. The first-order valence-corrected chi connectivity index (χ1v) is 7.34. The molecule has 2 aromatic rings. The summed E-state index contributed by atoms with van der Waals surface area (Å²) in [4.78, 5) is 27.1. The summed E-state index contributed by atoms with van der Waals surface area (Å²) in [5.74, 6) is 0.995. The van der Waals surface area contributed by atoms with Gasteiger partial charge in [-0.25, -0.2) is 4.79 Å².